The van der Waals surface area contributed by atoms with Gasteiger partial charge < -0.3 is 0 Å². The zero-order chi connectivity index (χ0) is 11.6. The van der Waals surface area contributed by atoms with Crippen LogP contribution < -0.4 is 8.32 Å². The molecule has 0 spiro atoms. The number of hydrogen-bond acceptors (Lipinski definition) is 4. The van der Waals surface area contributed by atoms with Crippen LogP contribution in [0, 0.1) is 12.2 Å². The molecule has 2 aliphatic rings. The molecule has 0 heterocycles. The van der Waals surface area contributed by atoms with Crippen molar-refractivity contribution in [1.29, 1.82) is 0 Å². The third-order valence-corrected chi connectivity index (χ3v) is 1.17. The molecule has 0 aromatic heterocycles. The van der Waals surface area contributed by atoms with E-state index in [0.29, 0.717) is 0 Å². The second-order valence-corrected chi connectivity index (χ2v) is 3.69. The summed E-state index contributed by atoms with van der Waals surface area (Å²) in [5.41, 5.74) is 0. The molecule has 0 unspecified atom stereocenters. The Balaban J connectivity index is 0. The Morgan fingerprint density at radius 3 is 1.31 bits per heavy atom. The Kier molecular flexibility index (Phi) is 12.4. The Morgan fingerprint density at radius 1 is 0.938 bits per heavy atom. The van der Waals surface area contributed by atoms with Crippen LogP contribution in [0.2, 0.25) is 0 Å². The van der Waals surface area contributed by atoms with Crippen molar-refractivity contribution in [3.63, 3.8) is 0 Å². The van der Waals surface area contributed by atoms with Gasteiger partial charge in [0.05, 0.1) is 0 Å². The molecule has 0 amide bonds. The predicted molar refractivity (Wildman–Crippen MR) is 44.5 cm³/mol. The second-order valence-electron chi connectivity index (χ2n) is 2.41. The van der Waals surface area contributed by atoms with Gasteiger partial charge in [-0.3, -0.25) is 12.2 Å². The Bertz CT molecular complexity index is 314. The Morgan fingerprint density at radius 2 is 1.25 bits per heavy atom. The zero-order valence-electron chi connectivity index (χ0n) is 8.33. The van der Waals surface area contributed by atoms with Crippen LogP contribution in [-0.2, 0) is 38.6 Å². The molecule has 0 radical (unpaired) electrons. The first-order valence-electron chi connectivity index (χ1n) is 4.10. The fourth-order valence-electron chi connectivity index (χ4n) is 0.680. The van der Waals surface area contributed by atoms with E-state index in [0.717, 1.165) is 12.8 Å². The fourth-order valence-corrected chi connectivity index (χ4v) is 0.680. The minimum atomic E-state index is -5.75. The maximum atomic E-state index is 8.59. The summed E-state index contributed by atoms with van der Waals surface area (Å²) in [5.74, 6) is 0. The van der Waals surface area contributed by atoms with Crippen molar-refractivity contribution in [2.24, 2.45) is 0 Å². The SMILES string of the molecule is [C-]1=CC=CC1.[C-]1=CC=CC1.[Cr+4].[O]=[Cr](=[O])([O-])[O-]. The van der Waals surface area contributed by atoms with Crippen LogP contribution in [0.3, 0.4) is 0 Å². The van der Waals surface area contributed by atoms with Gasteiger partial charge in [-0.1, -0.05) is 0 Å². The maximum absolute atomic E-state index is 8.59. The first-order chi connectivity index (χ1) is 7.00. The summed E-state index contributed by atoms with van der Waals surface area (Å²) in [6, 6.07) is 0. The van der Waals surface area contributed by atoms with Crippen molar-refractivity contribution in [3.05, 3.63) is 48.6 Å². The summed E-state index contributed by atoms with van der Waals surface area (Å²) in [6.07, 6.45) is 20.0. The van der Waals surface area contributed by atoms with Crippen LogP contribution in [0.25, 0.3) is 0 Å². The van der Waals surface area contributed by atoms with Crippen LogP contribution in [0.1, 0.15) is 12.8 Å². The number of allylic oxidation sites excluding steroid dienone is 8. The van der Waals surface area contributed by atoms with Gasteiger partial charge in [0.15, 0.2) is 0 Å². The summed E-state index contributed by atoms with van der Waals surface area (Å²) in [6.45, 7) is 0. The van der Waals surface area contributed by atoms with Gasteiger partial charge in [-0.25, -0.2) is 24.3 Å². The fraction of sp³-hybridized carbons (Fsp3) is 0.200. The van der Waals surface area contributed by atoms with E-state index in [1.165, 1.54) is 0 Å². The van der Waals surface area contributed by atoms with Crippen LogP contribution in [0.5, 0.6) is 0 Å². The molecule has 16 heavy (non-hydrogen) atoms. The number of rotatable bonds is 0. The molecule has 0 aliphatic heterocycles. The van der Waals surface area contributed by atoms with E-state index < -0.39 is 13.6 Å². The van der Waals surface area contributed by atoms with Gasteiger partial charge in [0, 0.05) is 0 Å². The van der Waals surface area contributed by atoms with E-state index in [2.05, 4.69) is 24.3 Å². The van der Waals surface area contributed by atoms with Crippen LogP contribution in [0.15, 0.2) is 36.5 Å². The molecular formula is C10H10Cr2O4. The van der Waals surface area contributed by atoms with Gasteiger partial charge in [-0.2, -0.15) is 12.2 Å². The van der Waals surface area contributed by atoms with Crippen molar-refractivity contribution >= 4 is 0 Å². The average molecular weight is 298 g/mol. The summed E-state index contributed by atoms with van der Waals surface area (Å²) >= 11 is -5.75. The van der Waals surface area contributed by atoms with Crippen LogP contribution in [-0.4, -0.2) is 0 Å². The minimum absolute atomic E-state index is 0. The van der Waals surface area contributed by atoms with Crippen molar-refractivity contribution < 1.29 is 46.9 Å². The van der Waals surface area contributed by atoms with E-state index in [-0.39, 0.29) is 17.4 Å². The standard InChI is InChI=1S/2C5H5.2Cr.4O/c2*1-2-4-5-3-1;;;;;;/h2*1-3H,4H2;;;;;;/q2*-1;;+4;;;2*-1. The summed E-state index contributed by atoms with van der Waals surface area (Å²) in [5, 5.41) is 0. The van der Waals surface area contributed by atoms with Gasteiger partial charge in [0.2, 0.25) is 0 Å². The third kappa shape index (κ3) is 23.4. The first-order valence-corrected chi connectivity index (χ1v) is 6.18. The Labute approximate surface area is 108 Å². The molecule has 4 nitrogen and oxygen atoms in total. The number of hydrogen-bond donors (Lipinski definition) is 0. The topological polar surface area (TPSA) is 80.3 Å². The van der Waals surface area contributed by atoms with Crippen molar-refractivity contribution in [1.82, 2.24) is 0 Å². The molecule has 0 N–H and O–H groups in total. The van der Waals surface area contributed by atoms with E-state index in [1.807, 2.05) is 24.3 Å². The molecule has 0 aromatic rings. The van der Waals surface area contributed by atoms with Gasteiger partial charge in [-0.05, 0) is 0 Å². The summed E-state index contributed by atoms with van der Waals surface area (Å²) < 4.78 is 34.4. The Hall–Kier alpha value is -0.455. The molecule has 0 aromatic carbocycles. The second kappa shape index (κ2) is 11.0. The van der Waals surface area contributed by atoms with Crippen molar-refractivity contribution in [2.75, 3.05) is 0 Å². The van der Waals surface area contributed by atoms with Gasteiger partial charge in [-0.15, -0.1) is 12.8 Å². The van der Waals surface area contributed by atoms with Gasteiger partial charge in [0.25, 0.3) is 0 Å². The molecule has 0 bridgehead atoms. The predicted octanol–water partition coefficient (Wildman–Crippen LogP) is -0.00922. The molecule has 0 atom stereocenters. The quantitative estimate of drug-likeness (QED) is 0.589. The van der Waals surface area contributed by atoms with Crippen LogP contribution >= 0.6 is 0 Å². The summed E-state index contributed by atoms with van der Waals surface area (Å²) in [4.78, 5) is 0. The van der Waals surface area contributed by atoms with Gasteiger partial charge in [0.1, 0.15) is 0 Å². The van der Waals surface area contributed by atoms with E-state index >= 15 is 0 Å². The molecule has 2 rings (SSSR count). The zero-order valence-corrected chi connectivity index (χ0v) is 10.9. The molecule has 86 valence electrons. The molecule has 0 saturated carbocycles. The monoisotopic (exact) mass is 298 g/mol. The first kappa shape index (κ1) is 17.9. The van der Waals surface area contributed by atoms with Crippen molar-refractivity contribution in [3.8, 4) is 0 Å². The molecule has 2 aliphatic carbocycles. The normalized spacial score (nSPS) is 14.6. The summed E-state index contributed by atoms with van der Waals surface area (Å²) in [7, 11) is 0. The molecule has 6 heteroatoms. The van der Waals surface area contributed by atoms with E-state index in [4.69, 9.17) is 15.9 Å². The average Bonchev–Trinajstić information content (AvgIpc) is 2.81. The molecular weight excluding hydrogens is 288 g/mol. The van der Waals surface area contributed by atoms with Gasteiger partial charge >= 0.3 is 46.9 Å². The van der Waals surface area contributed by atoms with E-state index in [1.54, 1.807) is 0 Å². The molecule has 0 saturated heterocycles. The molecule has 0 fully saturated rings. The van der Waals surface area contributed by atoms with E-state index in [9.17, 15) is 0 Å². The van der Waals surface area contributed by atoms with Crippen LogP contribution in [0.4, 0.5) is 0 Å². The van der Waals surface area contributed by atoms with Crippen molar-refractivity contribution in [2.45, 2.75) is 12.8 Å². The third-order valence-electron chi connectivity index (χ3n) is 1.17.